The van der Waals surface area contributed by atoms with Gasteiger partial charge in [-0.05, 0) is 36.5 Å². The molecular weight excluding hydrogens is 228 g/mol. The summed E-state index contributed by atoms with van der Waals surface area (Å²) in [6.45, 7) is 7.09. The van der Waals surface area contributed by atoms with Crippen LogP contribution in [-0.2, 0) is 10.2 Å². The lowest BCUT2D eigenvalue weighted by atomic mass is 9.86. The van der Waals surface area contributed by atoms with E-state index in [1.165, 1.54) is 0 Å². The Balaban J connectivity index is 2.21. The van der Waals surface area contributed by atoms with E-state index in [2.05, 4.69) is 20.8 Å². The minimum absolute atomic E-state index is 0.0667. The van der Waals surface area contributed by atoms with Crippen LogP contribution >= 0.6 is 0 Å². The summed E-state index contributed by atoms with van der Waals surface area (Å²) in [7, 11) is 0. The third kappa shape index (κ3) is 3.16. The van der Waals surface area contributed by atoms with Gasteiger partial charge < -0.3 is 14.6 Å². The molecule has 0 aromatic heterocycles. The highest BCUT2D eigenvalue weighted by Crippen LogP contribution is 2.35. The van der Waals surface area contributed by atoms with Crippen molar-refractivity contribution >= 4 is 0 Å². The van der Waals surface area contributed by atoms with Crippen LogP contribution in [0.2, 0.25) is 0 Å². The fraction of sp³-hybridized carbons (Fsp3) is 0.600. The van der Waals surface area contributed by atoms with Crippen molar-refractivity contribution in [1.29, 1.82) is 0 Å². The third-order valence-corrected chi connectivity index (χ3v) is 3.17. The zero-order valence-electron chi connectivity index (χ0n) is 11.4. The molecule has 0 unspecified atom stereocenters. The highest BCUT2D eigenvalue weighted by atomic mass is 16.7. The van der Waals surface area contributed by atoms with E-state index >= 15 is 0 Å². The maximum Gasteiger partial charge on any atom is 0.199 e. The summed E-state index contributed by atoms with van der Waals surface area (Å²) in [4.78, 5) is 0. The first-order valence-electron chi connectivity index (χ1n) is 6.58. The first-order chi connectivity index (χ1) is 8.47. The molecule has 18 heavy (non-hydrogen) atoms. The van der Waals surface area contributed by atoms with Crippen molar-refractivity contribution in [3.63, 3.8) is 0 Å². The molecule has 2 rings (SSSR count). The fourth-order valence-corrected chi connectivity index (χ4v) is 2.15. The van der Waals surface area contributed by atoms with Crippen molar-refractivity contribution in [2.45, 2.75) is 51.7 Å². The molecule has 1 aromatic carbocycles. The lowest BCUT2D eigenvalue weighted by Gasteiger charge is -2.28. The molecule has 0 spiro atoms. The van der Waals surface area contributed by atoms with Gasteiger partial charge >= 0.3 is 0 Å². The van der Waals surface area contributed by atoms with Gasteiger partial charge in [0.25, 0.3) is 0 Å². The molecule has 3 heteroatoms. The van der Waals surface area contributed by atoms with Crippen molar-refractivity contribution < 1.29 is 14.6 Å². The topological polar surface area (TPSA) is 38.7 Å². The van der Waals surface area contributed by atoms with Crippen molar-refractivity contribution in [2.24, 2.45) is 0 Å². The Hall–Kier alpha value is -1.22. The van der Waals surface area contributed by atoms with Gasteiger partial charge in [-0.2, -0.15) is 0 Å². The largest absolute Gasteiger partial charge is 0.508 e. The molecule has 1 atom stereocenters. The Morgan fingerprint density at radius 3 is 2.67 bits per heavy atom. The first-order valence-corrected chi connectivity index (χ1v) is 6.58. The van der Waals surface area contributed by atoms with E-state index in [9.17, 15) is 5.11 Å². The van der Waals surface area contributed by atoms with E-state index in [1.54, 1.807) is 12.1 Å². The first kappa shape index (κ1) is 13.2. The van der Waals surface area contributed by atoms with Crippen LogP contribution in [0.25, 0.3) is 0 Å². The van der Waals surface area contributed by atoms with E-state index in [0.29, 0.717) is 0 Å². The van der Waals surface area contributed by atoms with Crippen molar-refractivity contribution in [3.8, 4) is 11.5 Å². The molecule has 0 saturated carbocycles. The van der Waals surface area contributed by atoms with Crippen LogP contribution in [0.3, 0.4) is 0 Å². The number of benzene rings is 1. The summed E-state index contributed by atoms with van der Waals surface area (Å²) in [5.41, 5.74) is 0.944. The maximum absolute atomic E-state index is 9.62. The van der Waals surface area contributed by atoms with Crippen LogP contribution in [0.5, 0.6) is 11.5 Å². The summed E-state index contributed by atoms with van der Waals surface area (Å²) < 4.78 is 11.5. The van der Waals surface area contributed by atoms with Crippen LogP contribution in [0.1, 0.15) is 45.6 Å². The number of phenols is 1. The SMILES string of the molecule is CC(C)(C)c1cc(O)ccc1O[C@H]1CCCCO1. The molecule has 1 N–H and O–H groups in total. The van der Waals surface area contributed by atoms with Crippen LogP contribution in [0.4, 0.5) is 0 Å². The predicted octanol–water partition coefficient (Wildman–Crippen LogP) is 3.60. The van der Waals surface area contributed by atoms with Gasteiger partial charge in [-0.25, -0.2) is 0 Å². The van der Waals surface area contributed by atoms with Crippen LogP contribution in [0, 0.1) is 0 Å². The lowest BCUT2D eigenvalue weighted by molar-refractivity contribution is -0.106. The molecular formula is C15H22O3. The summed E-state index contributed by atoms with van der Waals surface area (Å²) in [6, 6.07) is 5.26. The Bertz CT molecular complexity index is 401. The Morgan fingerprint density at radius 1 is 1.28 bits per heavy atom. The van der Waals surface area contributed by atoms with Gasteiger partial charge in [0.1, 0.15) is 11.5 Å². The van der Waals surface area contributed by atoms with Crippen LogP contribution in [-0.4, -0.2) is 18.0 Å². The average Bonchev–Trinajstić information content (AvgIpc) is 2.31. The molecule has 100 valence electrons. The predicted molar refractivity (Wildman–Crippen MR) is 71.0 cm³/mol. The van der Waals surface area contributed by atoms with Crippen molar-refractivity contribution in [1.82, 2.24) is 0 Å². The van der Waals surface area contributed by atoms with Gasteiger partial charge in [0.15, 0.2) is 6.29 Å². The highest BCUT2D eigenvalue weighted by Gasteiger charge is 2.23. The second-order valence-corrected chi connectivity index (χ2v) is 5.84. The number of phenolic OH excluding ortho intramolecular Hbond substituents is 1. The summed E-state index contributed by atoms with van der Waals surface area (Å²) >= 11 is 0. The van der Waals surface area contributed by atoms with E-state index in [-0.39, 0.29) is 17.5 Å². The standard InChI is InChI=1S/C15H22O3/c1-15(2,3)12-10-11(16)7-8-13(12)18-14-6-4-5-9-17-14/h7-8,10,14,16H,4-6,9H2,1-3H3/t14-/m0/s1. The molecule has 1 fully saturated rings. The van der Waals surface area contributed by atoms with Gasteiger partial charge in [-0.1, -0.05) is 20.8 Å². The summed E-state index contributed by atoms with van der Waals surface area (Å²) in [5.74, 6) is 1.09. The quantitative estimate of drug-likeness (QED) is 0.871. The molecule has 0 bridgehead atoms. The Morgan fingerprint density at radius 2 is 2.06 bits per heavy atom. The van der Waals surface area contributed by atoms with E-state index in [0.717, 1.165) is 37.2 Å². The normalized spacial score (nSPS) is 20.7. The zero-order valence-corrected chi connectivity index (χ0v) is 11.4. The number of hydrogen-bond acceptors (Lipinski definition) is 3. The zero-order chi connectivity index (χ0) is 13.2. The minimum Gasteiger partial charge on any atom is -0.508 e. The van der Waals surface area contributed by atoms with Crippen LogP contribution in [0.15, 0.2) is 18.2 Å². The van der Waals surface area contributed by atoms with E-state index in [4.69, 9.17) is 9.47 Å². The second kappa shape index (κ2) is 5.19. The van der Waals surface area contributed by atoms with Crippen molar-refractivity contribution in [3.05, 3.63) is 23.8 Å². The van der Waals surface area contributed by atoms with Gasteiger partial charge in [-0.3, -0.25) is 0 Å². The smallest absolute Gasteiger partial charge is 0.199 e. The highest BCUT2D eigenvalue weighted by molar-refractivity contribution is 5.43. The summed E-state index contributed by atoms with van der Waals surface area (Å²) in [5, 5.41) is 9.62. The van der Waals surface area contributed by atoms with Gasteiger partial charge in [0.05, 0.1) is 6.61 Å². The molecule has 1 aromatic rings. The van der Waals surface area contributed by atoms with Gasteiger partial charge in [0, 0.05) is 12.0 Å². The minimum atomic E-state index is -0.149. The number of rotatable bonds is 2. The molecule has 1 heterocycles. The number of hydrogen-bond donors (Lipinski definition) is 1. The fourth-order valence-electron chi connectivity index (χ4n) is 2.15. The molecule has 0 radical (unpaired) electrons. The number of ether oxygens (including phenoxy) is 2. The lowest BCUT2D eigenvalue weighted by Crippen LogP contribution is -2.26. The molecule has 1 aliphatic heterocycles. The average molecular weight is 250 g/mol. The van der Waals surface area contributed by atoms with Crippen LogP contribution < -0.4 is 4.74 Å². The van der Waals surface area contributed by atoms with E-state index < -0.39 is 0 Å². The molecule has 3 nitrogen and oxygen atoms in total. The Labute approximate surface area is 109 Å². The third-order valence-electron chi connectivity index (χ3n) is 3.17. The maximum atomic E-state index is 9.62. The van der Waals surface area contributed by atoms with Gasteiger partial charge in [0.2, 0.25) is 0 Å². The second-order valence-electron chi connectivity index (χ2n) is 5.84. The molecule has 1 saturated heterocycles. The number of aromatic hydroxyl groups is 1. The molecule has 0 amide bonds. The molecule has 1 aliphatic rings. The summed E-state index contributed by atoms with van der Waals surface area (Å²) in [6.07, 6.45) is 3.05. The van der Waals surface area contributed by atoms with Crippen molar-refractivity contribution in [2.75, 3.05) is 6.61 Å². The van der Waals surface area contributed by atoms with E-state index in [1.807, 2.05) is 6.07 Å². The molecule has 0 aliphatic carbocycles. The Kier molecular flexibility index (Phi) is 3.81. The monoisotopic (exact) mass is 250 g/mol. The van der Waals surface area contributed by atoms with Gasteiger partial charge in [-0.15, -0.1) is 0 Å².